The van der Waals surface area contributed by atoms with Crippen LogP contribution in [-0.4, -0.2) is 52.6 Å². The Morgan fingerprint density at radius 3 is 2.26 bits per heavy atom. The molecule has 0 aromatic rings. The molecule has 0 aromatic heterocycles. The maximum absolute atomic E-state index is 12.5. The van der Waals surface area contributed by atoms with Gasteiger partial charge in [0.15, 0.2) is 0 Å². The van der Waals surface area contributed by atoms with E-state index in [0.29, 0.717) is 18.5 Å². The smallest absolute Gasteiger partial charge is 0.323 e. The molecule has 0 heterocycles. The molecular weight excluding hydrogens is 244 g/mol. The predicted molar refractivity (Wildman–Crippen MR) is 71.9 cm³/mol. The standard InChI is InChI=1S/C14H24N2O3/c1-10(2)7-15(9-13(17)18)14(19)16(12-5-6-12)8-11-3-4-11/h10-12H,3-9H2,1-2H3,(H,17,18). The highest BCUT2D eigenvalue weighted by atomic mass is 16.4. The van der Waals surface area contributed by atoms with Crippen LogP contribution in [0.1, 0.15) is 39.5 Å². The first-order valence-corrected chi connectivity index (χ1v) is 7.24. The van der Waals surface area contributed by atoms with Crippen molar-refractivity contribution >= 4 is 12.0 Å². The van der Waals surface area contributed by atoms with Crippen molar-refractivity contribution in [3.05, 3.63) is 0 Å². The van der Waals surface area contributed by atoms with Crippen LogP contribution >= 0.6 is 0 Å². The molecule has 2 rings (SSSR count). The Labute approximate surface area is 114 Å². The minimum absolute atomic E-state index is 0.0782. The number of nitrogens with zero attached hydrogens (tertiary/aromatic N) is 2. The molecular formula is C14H24N2O3. The molecule has 2 fully saturated rings. The van der Waals surface area contributed by atoms with Gasteiger partial charge in [-0.2, -0.15) is 0 Å². The molecule has 2 aliphatic rings. The SMILES string of the molecule is CC(C)CN(CC(=O)O)C(=O)N(CC1CC1)C1CC1. The Morgan fingerprint density at radius 1 is 1.21 bits per heavy atom. The molecule has 0 aromatic carbocycles. The number of hydrogen-bond donors (Lipinski definition) is 1. The summed E-state index contributed by atoms with van der Waals surface area (Å²) in [6, 6.07) is 0.280. The number of carbonyl (C=O) groups is 2. The number of carbonyl (C=O) groups excluding carboxylic acids is 1. The fraction of sp³-hybridized carbons (Fsp3) is 0.857. The minimum atomic E-state index is -0.934. The van der Waals surface area contributed by atoms with Crippen molar-refractivity contribution in [3.63, 3.8) is 0 Å². The predicted octanol–water partition coefficient (Wildman–Crippen LogP) is 2.02. The van der Waals surface area contributed by atoms with E-state index in [1.54, 1.807) is 0 Å². The van der Waals surface area contributed by atoms with E-state index in [1.807, 2.05) is 18.7 Å². The van der Waals surface area contributed by atoms with Crippen LogP contribution in [0.25, 0.3) is 0 Å². The molecule has 0 aliphatic heterocycles. The molecule has 2 aliphatic carbocycles. The van der Waals surface area contributed by atoms with Gasteiger partial charge in [0.2, 0.25) is 0 Å². The van der Waals surface area contributed by atoms with Gasteiger partial charge < -0.3 is 14.9 Å². The third kappa shape index (κ3) is 4.40. The Kier molecular flexibility index (Phi) is 4.32. The monoisotopic (exact) mass is 268 g/mol. The summed E-state index contributed by atoms with van der Waals surface area (Å²) in [4.78, 5) is 26.9. The topological polar surface area (TPSA) is 60.9 Å². The molecule has 1 N–H and O–H groups in total. The molecule has 0 atom stereocenters. The van der Waals surface area contributed by atoms with Gasteiger partial charge in [0.1, 0.15) is 6.54 Å². The van der Waals surface area contributed by atoms with E-state index in [9.17, 15) is 9.59 Å². The number of amides is 2. The van der Waals surface area contributed by atoms with Crippen molar-refractivity contribution in [2.24, 2.45) is 11.8 Å². The van der Waals surface area contributed by atoms with Crippen molar-refractivity contribution in [1.29, 1.82) is 0 Å². The zero-order chi connectivity index (χ0) is 14.0. The van der Waals surface area contributed by atoms with Crippen LogP contribution in [-0.2, 0) is 4.79 Å². The van der Waals surface area contributed by atoms with Crippen LogP contribution in [0.2, 0.25) is 0 Å². The summed E-state index contributed by atoms with van der Waals surface area (Å²) in [6.07, 6.45) is 4.56. The van der Waals surface area contributed by atoms with Crippen LogP contribution in [0.3, 0.4) is 0 Å². The van der Waals surface area contributed by atoms with Gasteiger partial charge in [-0.15, -0.1) is 0 Å². The second-order valence-electron chi connectivity index (χ2n) is 6.28. The molecule has 5 heteroatoms. The van der Waals surface area contributed by atoms with Crippen LogP contribution in [0.5, 0.6) is 0 Å². The van der Waals surface area contributed by atoms with Gasteiger partial charge in [-0.25, -0.2) is 4.79 Å². The largest absolute Gasteiger partial charge is 0.480 e. The summed E-state index contributed by atoms with van der Waals surface area (Å²) < 4.78 is 0. The molecule has 0 spiro atoms. The van der Waals surface area contributed by atoms with Gasteiger partial charge in [-0.05, 0) is 37.5 Å². The number of urea groups is 1. The van der Waals surface area contributed by atoms with E-state index in [-0.39, 0.29) is 18.5 Å². The summed E-state index contributed by atoms with van der Waals surface area (Å²) in [6.45, 7) is 5.15. The van der Waals surface area contributed by atoms with Gasteiger partial charge in [-0.1, -0.05) is 13.8 Å². The first-order valence-electron chi connectivity index (χ1n) is 7.24. The van der Waals surface area contributed by atoms with Crippen molar-refractivity contribution in [3.8, 4) is 0 Å². The highest BCUT2D eigenvalue weighted by Gasteiger charge is 2.38. The maximum Gasteiger partial charge on any atom is 0.323 e. The van der Waals surface area contributed by atoms with E-state index in [0.717, 1.165) is 19.4 Å². The molecule has 2 amide bonds. The van der Waals surface area contributed by atoms with Crippen LogP contribution < -0.4 is 0 Å². The average Bonchev–Trinajstić information content (AvgIpc) is 3.14. The van der Waals surface area contributed by atoms with Crippen LogP contribution in [0.4, 0.5) is 4.79 Å². The molecule has 19 heavy (non-hydrogen) atoms. The second kappa shape index (κ2) is 5.80. The van der Waals surface area contributed by atoms with Gasteiger partial charge >= 0.3 is 12.0 Å². The average molecular weight is 268 g/mol. The van der Waals surface area contributed by atoms with Gasteiger partial charge in [0.25, 0.3) is 0 Å². The third-order valence-electron chi connectivity index (χ3n) is 3.57. The van der Waals surface area contributed by atoms with Crippen LogP contribution in [0, 0.1) is 11.8 Å². The lowest BCUT2D eigenvalue weighted by atomic mass is 10.2. The lowest BCUT2D eigenvalue weighted by Crippen LogP contribution is -2.48. The van der Waals surface area contributed by atoms with E-state index in [1.165, 1.54) is 17.7 Å². The zero-order valence-corrected chi connectivity index (χ0v) is 11.8. The van der Waals surface area contributed by atoms with Gasteiger partial charge in [0.05, 0.1) is 0 Å². The van der Waals surface area contributed by atoms with Crippen LogP contribution in [0.15, 0.2) is 0 Å². The van der Waals surface area contributed by atoms with Gasteiger partial charge in [-0.3, -0.25) is 4.79 Å². The lowest BCUT2D eigenvalue weighted by Gasteiger charge is -2.31. The number of aliphatic carboxylic acids is 1. The fourth-order valence-corrected chi connectivity index (χ4v) is 2.34. The molecule has 2 saturated carbocycles. The molecule has 108 valence electrons. The Morgan fingerprint density at radius 2 is 1.84 bits per heavy atom. The highest BCUT2D eigenvalue weighted by Crippen LogP contribution is 2.35. The normalized spacial score (nSPS) is 18.5. The van der Waals surface area contributed by atoms with E-state index >= 15 is 0 Å². The Bertz CT molecular complexity index is 349. The lowest BCUT2D eigenvalue weighted by molar-refractivity contribution is -0.137. The highest BCUT2D eigenvalue weighted by molar-refractivity contribution is 5.80. The number of hydrogen-bond acceptors (Lipinski definition) is 2. The minimum Gasteiger partial charge on any atom is -0.480 e. The van der Waals surface area contributed by atoms with Gasteiger partial charge in [0, 0.05) is 19.1 Å². The molecule has 0 bridgehead atoms. The summed E-state index contributed by atoms with van der Waals surface area (Å²) >= 11 is 0. The first-order chi connectivity index (χ1) is 8.97. The summed E-state index contributed by atoms with van der Waals surface area (Å²) in [7, 11) is 0. The first kappa shape index (κ1) is 14.2. The molecule has 0 radical (unpaired) electrons. The Balaban J connectivity index is 1.99. The van der Waals surface area contributed by atoms with E-state index < -0.39 is 5.97 Å². The van der Waals surface area contributed by atoms with Crippen molar-refractivity contribution in [2.75, 3.05) is 19.6 Å². The molecule has 0 unspecified atom stereocenters. The zero-order valence-electron chi connectivity index (χ0n) is 11.8. The van der Waals surface area contributed by atoms with E-state index in [2.05, 4.69) is 0 Å². The second-order valence-corrected chi connectivity index (χ2v) is 6.28. The molecule has 0 saturated heterocycles. The van der Waals surface area contributed by atoms with Crippen molar-refractivity contribution < 1.29 is 14.7 Å². The summed E-state index contributed by atoms with van der Waals surface area (Å²) in [5.41, 5.74) is 0. The van der Waals surface area contributed by atoms with E-state index in [4.69, 9.17) is 5.11 Å². The summed E-state index contributed by atoms with van der Waals surface area (Å²) in [5, 5.41) is 8.96. The molecule has 5 nitrogen and oxygen atoms in total. The number of carboxylic acids is 1. The number of rotatable bonds is 7. The number of carboxylic acid groups (broad SMARTS) is 1. The third-order valence-corrected chi connectivity index (χ3v) is 3.57. The fourth-order valence-electron chi connectivity index (χ4n) is 2.34. The maximum atomic E-state index is 12.5. The quantitative estimate of drug-likeness (QED) is 0.768. The summed E-state index contributed by atoms with van der Waals surface area (Å²) in [5.74, 6) is -0.00303. The van der Waals surface area contributed by atoms with Crippen molar-refractivity contribution in [2.45, 2.75) is 45.6 Å². The Hall–Kier alpha value is -1.26. The van der Waals surface area contributed by atoms with Crippen molar-refractivity contribution in [1.82, 2.24) is 9.80 Å².